The van der Waals surface area contributed by atoms with E-state index in [4.69, 9.17) is 0 Å². The molecule has 19 heavy (non-hydrogen) atoms. The Balaban J connectivity index is 1.67. The molecule has 0 spiro atoms. The van der Waals surface area contributed by atoms with E-state index in [1.807, 2.05) is 48.1 Å². The van der Waals surface area contributed by atoms with E-state index in [-0.39, 0.29) is 5.91 Å². The van der Waals surface area contributed by atoms with Gasteiger partial charge in [0.15, 0.2) is 0 Å². The van der Waals surface area contributed by atoms with Crippen LogP contribution in [0.5, 0.6) is 0 Å². The van der Waals surface area contributed by atoms with Gasteiger partial charge in [-0.3, -0.25) is 9.48 Å². The molecule has 1 heterocycles. The Labute approximate surface area is 112 Å². The summed E-state index contributed by atoms with van der Waals surface area (Å²) in [5.41, 5.74) is 1.96. The fourth-order valence-electron chi connectivity index (χ4n) is 1.76. The lowest BCUT2D eigenvalue weighted by atomic mass is 10.2. The predicted octanol–water partition coefficient (Wildman–Crippen LogP) is 1.42. The molecule has 0 aliphatic heterocycles. The molecule has 0 saturated heterocycles. The average Bonchev–Trinajstić information content (AvgIpc) is 2.88. The summed E-state index contributed by atoms with van der Waals surface area (Å²) in [7, 11) is 0. The van der Waals surface area contributed by atoms with E-state index in [9.17, 15) is 4.79 Å². The lowest BCUT2D eigenvalue weighted by Gasteiger charge is -2.07. The first-order valence-corrected chi connectivity index (χ1v) is 6.29. The van der Waals surface area contributed by atoms with E-state index in [2.05, 4.69) is 15.7 Å². The monoisotopic (exact) mass is 258 g/mol. The molecule has 0 radical (unpaired) electrons. The zero-order chi connectivity index (χ0) is 13.5. The molecule has 0 saturated carbocycles. The topological polar surface area (TPSA) is 59.0 Å². The molecule has 0 bridgehead atoms. The molecule has 2 aromatic rings. The van der Waals surface area contributed by atoms with Crippen molar-refractivity contribution >= 4 is 11.6 Å². The first kappa shape index (κ1) is 13.3. The summed E-state index contributed by atoms with van der Waals surface area (Å²) in [5, 5.41) is 10.0. The number of rotatable bonds is 6. The maximum absolute atomic E-state index is 11.7. The second kappa shape index (κ2) is 6.70. The van der Waals surface area contributed by atoms with Crippen LogP contribution in [0.15, 0.2) is 42.7 Å². The van der Waals surface area contributed by atoms with Crippen LogP contribution in [0.3, 0.4) is 0 Å². The average molecular weight is 258 g/mol. The zero-order valence-electron chi connectivity index (χ0n) is 11.0. The van der Waals surface area contributed by atoms with Crippen LogP contribution in [0.1, 0.15) is 5.56 Å². The number of carbonyl (C=O) groups is 1. The maximum atomic E-state index is 11.7. The van der Waals surface area contributed by atoms with Crippen LogP contribution in [-0.4, -0.2) is 28.8 Å². The minimum Gasteiger partial charge on any atom is -0.325 e. The summed E-state index contributed by atoms with van der Waals surface area (Å²) < 4.78 is 1.82. The first-order valence-electron chi connectivity index (χ1n) is 6.29. The number of nitrogens with zero attached hydrogens (tertiary/aromatic N) is 2. The van der Waals surface area contributed by atoms with E-state index < -0.39 is 0 Å². The Bertz CT molecular complexity index is 522. The third-order valence-corrected chi connectivity index (χ3v) is 2.66. The quantitative estimate of drug-likeness (QED) is 0.770. The van der Waals surface area contributed by atoms with Crippen molar-refractivity contribution in [2.75, 3.05) is 18.4 Å². The molecule has 1 aromatic heterocycles. The molecule has 5 nitrogen and oxygen atoms in total. The Kier molecular flexibility index (Phi) is 4.69. The van der Waals surface area contributed by atoms with Gasteiger partial charge in [0.25, 0.3) is 0 Å². The Morgan fingerprint density at radius 3 is 3.00 bits per heavy atom. The summed E-state index contributed by atoms with van der Waals surface area (Å²) in [5.74, 6) is -0.0361. The van der Waals surface area contributed by atoms with Crippen LogP contribution in [0.25, 0.3) is 0 Å². The molecule has 0 aliphatic rings. The van der Waals surface area contributed by atoms with Crippen molar-refractivity contribution in [2.24, 2.45) is 0 Å². The number of nitrogens with one attached hydrogen (secondary N) is 2. The summed E-state index contributed by atoms with van der Waals surface area (Å²) in [6, 6.07) is 9.63. The van der Waals surface area contributed by atoms with Gasteiger partial charge in [0.2, 0.25) is 5.91 Å². The lowest BCUT2D eigenvalue weighted by molar-refractivity contribution is -0.115. The van der Waals surface area contributed by atoms with Gasteiger partial charge < -0.3 is 10.6 Å². The van der Waals surface area contributed by atoms with Crippen LogP contribution in [0.4, 0.5) is 5.69 Å². The minimum absolute atomic E-state index is 0.0361. The van der Waals surface area contributed by atoms with Gasteiger partial charge in [-0.15, -0.1) is 0 Å². The van der Waals surface area contributed by atoms with Crippen molar-refractivity contribution in [3.05, 3.63) is 48.3 Å². The van der Waals surface area contributed by atoms with Gasteiger partial charge in [0.1, 0.15) is 0 Å². The molecule has 2 rings (SSSR count). The summed E-state index contributed by atoms with van der Waals surface area (Å²) in [6.45, 7) is 3.76. The minimum atomic E-state index is -0.0361. The Morgan fingerprint density at radius 1 is 1.37 bits per heavy atom. The second-order valence-electron chi connectivity index (χ2n) is 4.36. The SMILES string of the molecule is Cc1cccc(NC(=O)CNCCn2cccn2)c1. The Hall–Kier alpha value is -2.14. The van der Waals surface area contributed by atoms with E-state index in [1.165, 1.54) is 0 Å². The first-order chi connectivity index (χ1) is 9.24. The van der Waals surface area contributed by atoms with Crippen molar-refractivity contribution in [1.82, 2.24) is 15.1 Å². The Morgan fingerprint density at radius 2 is 2.26 bits per heavy atom. The molecule has 5 heteroatoms. The van der Waals surface area contributed by atoms with Gasteiger partial charge in [0.05, 0.1) is 13.1 Å². The zero-order valence-corrected chi connectivity index (χ0v) is 11.0. The van der Waals surface area contributed by atoms with Crippen molar-refractivity contribution in [3.63, 3.8) is 0 Å². The molecule has 2 N–H and O–H groups in total. The van der Waals surface area contributed by atoms with E-state index in [0.29, 0.717) is 13.1 Å². The standard InChI is InChI=1S/C14H18N4O/c1-12-4-2-5-13(10-12)17-14(19)11-15-7-9-18-8-3-6-16-18/h2-6,8,10,15H,7,9,11H2,1H3,(H,17,19). The van der Waals surface area contributed by atoms with Gasteiger partial charge in [-0.25, -0.2) is 0 Å². The summed E-state index contributed by atoms with van der Waals surface area (Å²) >= 11 is 0. The number of carbonyl (C=O) groups excluding carboxylic acids is 1. The highest BCUT2D eigenvalue weighted by molar-refractivity contribution is 5.92. The fraction of sp³-hybridized carbons (Fsp3) is 0.286. The van der Waals surface area contributed by atoms with E-state index in [0.717, 1.165) is 17.8 Å². The lowest BCUT2D eigenvalue weighted by Crippen LogP contribution is -2.30. The highest BCUT2D eigenvalue weighted by Gasteiger charge is 2.01. The third-order valence-electron chi connectivity index (χ3n) is 2.66. The molecule has 100 valence electrons. The van der Waals surface area contributed by atoms with Gasteiger partial charge in [-0.2, -0.15) is 5.10 Å². The normalized spacial score (nSPS) is 10.4. The van der Waals surface area contributed by atoms with Crippen LogP contribution >= 0.6 is 0 Å². The fourth-order valence-corrected chi connectivity index (χ4v) is 1.76. The largest absolute Gasteiger partial charge is 0.325 e. The van der Waals surface area contributed by atoms with Crippen molar-refractivity contribution in [3.8, 4) is 0 Å². The second-order valence-corrected chi connectivity index (χ2v) is 4.36. The molecule has 0 fully saturated rings. The van der Waals surface area contributed by atoms with Crippen LogP contribution in [-0.2, 0) is 11.3 Å². The molecule has 0 aliphatic carbocycles. The van der Waals surface area contributed by atoms with Gasteiger partial charge in [-0.05, 0) is 30.7 Å². The molecule has 0 unspecified atom stereocenters. The van der Waals surface area contributed by atoms with Crippen LogP contribution in [0.2, 0.25) is 0 Å². The van der Waals surface area contributed by atoms with Crippen molar-refractivity contribution < 1.29 is 4.79 Å². The van der Waals surface area contributed by atoms with Crippen molar-refractivity contribution in [2.45, 2.75) is 13.5 Å². The van der Waals surface area contributed by atoms with Gasteiger partial charge in [0, 0.05) is 24.6 Å². The van der Waals surface area contributed by atoms with E-state index in [1.54, 1.807) is 6.20 Å². The van der Waals surface area contributed by atoms with Crippen LogP contribution < -0.4 is 10.6 Å². The maximum Gasteiger partial charge on any atom is 0.238 e. The smallest absolute Gasteiger partial charge is 0.238 e. The molecule has 1 aromatic carbocycles. The number of anilines is 1. The number of hydrogen-bond donors (Lipinski definition) is 2. The number of benzene rings is 1. The van der Waals surface area contributed by atoms with Crippen molar-refractivity contribution in [1.29, 1.82) is 0 Å². The molecular weight excluding hydrogens is 240 g/mol. The van der Waals surface area contributed by atoms with E-state index >= 15 is 0 Å². The number of hydrogen-bond acceptors (Lipinski definition) is 3. The highest BCUT2D eigenvalue weighted by atomic mass is 16.1. The molecular formula is C14H18N4O. The number of aromatic nitrogens is 2. The third kappa shape index (κ3) is 4.56. The number of aryl methyl sites for hydroxylation is 1. The van der Waals surface area contributed by atoms with Gasteiger partial charge in [-0.1, -0.05) is 12.1 Å². The molecule has 1 amide bonds. The summed E-state index contributed by atoms with van der Waals surface area (Å²) in [4.78, 5) is 11.7. The summed E-state index contributed by atoms with van der Waals surface area (Å²) in [6.07, 6.45) is 3.64. The molecule has 0 atom stereocenters. The predicted molar refractivity (Wildman–Crippen MR) is 74.9 cm³/mol. The van der Waals surface area contributed by atoms with Gasteiger partial charge >= 0.3 is 0 Å². The van der Waals surface area contributed by atoms with Crippen LogP contribution in [0, 0.1) is 6.92 Å². The number of amides is 1. The highest BCUT2D eigenvalue weighted by Crippen LogP contribution is 2.08.